The monoisotopic (exact) mass is 187 g/mol. The average molecular weight is 187 g/mol. The highest BCUT2D eigenvalue weighted by atomic mass is 16.5. The molecule has 1 unspecified atom stereocenters. The second-order valence-electron chi connectivity index (χ2n) is 3.21. The molecular weight excluding hydrogens is 166 g/mol. The van der Waals surface area contributed by atoms with Gasteiger partial charge in [-0.05, 0) is 20.4 Å². The van der Waals surface area contributed by atoms with Gasteiger partial charge in [0.15, 0.2) is 0 Å². The third kappa shape index (κ3) is 7.96. The fourth-order valence-electron chi connectivity index (χ4n) is 1.03. The summed E-state index contributed by atoms with van der Waals surface area (Å²) in [7, 11) is 3.61. The van der Waals surface area contributed by atoms with Crippen LogP contribution in [0.4, 0.5) is 0 Å². The Morgan fingerprint density at radius 2 is 2.15 bits per heavy atom. The van der Waals surface area contributed by atoms with Crippen molar-refractivity contribution in [2.45, 2.75) is 19.4 Å². The maximum Gasteiger partial charge on any atom is 0.0701 e. The first-order valence-electron chi connectivity index (χ1n) is 4.59. The number of nitrogens with one attached hydrogen (secondary N) is 1. The Morgan fingerprint density at radius 3 is 2.62 bits per heavy atom. The number of methoxy groups -OCH3 is 1. The van der Waals surface area contributed by atoms with E-state index in [2.05, 4.69) is 11.9 Å². The van der Waals surface area contributed by atoms with Gasteiger partial charge in [0.2, 0.25) is 0 Å². The fourth-order valence-corrected chi connectivity index (χ4v) is 1.03. The van der Waals surface area contributed by atoms with Crippen LogP contribution in [0.3, 0.4) is 0 Å². The van der Waals surface area contributed by atoms with Crippen molar-refractivity contribution in [3.8, 4) is 0 Å². The van der Waals surface area contributed by atoms with Crippen LogP contribution < -0.4 is 5.32 Å². The topological polar surface area (TPSA) is 30.5 Å². The molecule has 13 heavy (non-hydrogen) atoms. The van der Waals surface area contributed by atoms with Crippen LogP contribution in [0, 0.1) is 0 Å². The molecule has 0 aromatic rings. The zero-order valence-corrected chi connectivity index (χ0v) is 8.93. The number of hydrogen-bond acceptors (Lipinski definition) is 3. The molecule has 0 aliphatic carbocycles. The molecule has 1 atom stereocenters. The van der Waals surface area contributed by atoms with E-state index in [0.29, 0.717) is 25.9 Å². The van der Waals surface area contributed by atoms with E-state index >= 15 is 0 Å². The molecule has 78 valence electrons. The Balaban J connectivity index is 3.42. The van der Waals surface area contributed by atoms with Crippen LogP contribution in [0.15, 0.2) is 12.2 Å². The normalized spacial score (nSPS) is 12.8. The molecule has 0 saturated heterocycles. The summed E-state index contributed by atoms with van der Waals surface area (Å²) < 4.78 is 10.3. The second kappa shape index (κ2) is 8.23. The molecule has 0 aromatic carbocycles. The van der Waals surface area contributed by atoms with Crippen molar-refractivity contribution >= 4 is 0 Å². The Labute approximate surface area is 81.1 Å². The highest BCUT2D eigenvalue weighted by Gasteiger charge is 2.05. The minimum atomic E-state index is 0.370. The lowest BCUT2D eigenvalue weighted by Gasteiger charge is -2.15. The van der Waals surface area contributed by atoms with E-state index in [4.69, 9.17) is 9.47 Å². The van der Waals surface area contributed by atoms with E-state index in [-0.39, 0.29) is 0 Å². The van der Waals surface area contributed by atoms with Gasteiger partial charge in [0.25, 0.3) is 0 Å². The van der Waals surface area contributed by atoms with E-state index < -0.39 is 0 Å². The molecule has 3 heteroatoms. The SMILES string of the molecule is C=C(C)CC(COCCOC)NC. The molecular formula is C10H21NO2. The molecule has 0 aromatic heterocycles. The molecule has 0 fully saturated rings. The maximum atomic E-state index is 5.40. The Kier molecular flexibility index (Phi) is 7.99. The van der Waals surface area contributed by atoms with Crippen molar-refractivity contribution in [2.24, 2.45) is 0 Å². The fraction of sp³-hybridized carbons (Fsp3) is 0.800. The first kappa shape index (κ1) is 12.6. The van der Waals surface area contributed by atoms with Crippen molar-refractivity contribution < 1.29 is 9.47 Å². The first-order chi connectivity index (χ1) is 6.20. The lowest BCUT2D eigenvalue weighted by molar-refractivity contribution is 0.0598. The summed E-state index contributed by atoms with van der Waals surface area (Å²) in [5, 5.41) is 3.18. The third-order valence-corrected chi connectivity index (χ3v) is 1.75. The van der Waals surface area contributed by atoms with Crippen molar-refractivity contribution in [2.75, 3.05) is 34.0 Å². The smallest absolute Gasteiger partial charge is 0.0701 e. The van der Waals surface area contributed by atoms with Crippen molar-refractivity contribution in [3.05, 3.63) is 12.2 Å². The third-order valence-electron chi connectivity index (χ3n) is 1.75. The van der Waals surface area contributed by atoms with Crippen LogP contribution in [-0.2, 0) is 9.47 Å². The minimum absolute atomic E-state index is 0.370. The van der Waals surface area contributed by atoms with Crippen LogP contribution in [-0.4, -0.2) is 40.0 Å². The van der Waals surface area contributed by atoms with Crippen LogP contribution in [0.1, 0.15) is 13.3 Å². The molecule has 1 N–H and O–H groups in total. The Morgan fingerprint density at radius 1 is 1.46 bits per heavy atom. The predicted octanol–water partition coefficient (Wildman–Crippen LogP) is 1.20. The van der Waals surface area contributed by atoms with Gasteiger partial charge in [-0.15, -0.1) is 6.58 Å². The second-order valence-corrected chi connectivity index (χ2v) is 3.21. The van der Waals surface area contributed by atoms with Crippen molar-refractivity contribution in [3.63, 3.8) is 0 Å². The highest BCUT2D eigenvalue weighted by molar-refractivity contribution is 4.92. The number of ether oxygens (including phenoxy) is 2. The Hall–Kier alpha value is -0.380. The predicted molar refractivity (Wildman–Crippen MR) is 55.0 cm³/mol. The molecule has 0 saturated carbocycles. The standard InChI is InChI=1S/C10H21NO2/c1-9(2)7-10(11-3)8-13-6-5-12-4/h10-11H,1,5-8H2,2-4H3. The van der Waals surface area contributed by atoms with E-state index in [0.717, 1.165) is 6.42 Å². The van der Waals surface area contributed by atoms with E-state index in [1.807, 2.05) is 14.0 Å². The van der Waals surface area contributed by atoms with Crippen molar-refractivity contribution in [1.29, 1.82) is 0 Å². The summed E-state index contributed by atoms with van der Waals surface area (Å²) in [6.07, 6.45) is 0.962. The van der Waals surface area contributed by atoms with Crippen LogP contribution in [0.2, 0.25) is 0 Å². The zero-order valence-electron chi connectivity index (χ0n) is 8.93. The molecule has 0 aliphatic rings. The van der Waals surface area contributed by atoms with Gasteiger partial charge in [0.1, 0.15) is 0 Å². The van der Waals surface area contributed by atoms with Gasteiger partial charge < -0.3 is 14.8 Å². The maximum absolute atomic E-state index is 5.40. The van der Waals surface area contributed by atoms with Gasteiger partial charge in [0, 0.05) is 13.2 Å². The summed E-state index contributed by atoms with van der Waals surface area (Å²) in [4.78, 5) is 0. The summed E-state index contributed by atoms with van der Waals surface area (Å²) in [5.74, 6) is 0. The molecule has 0 aliphatic heterocycles. The molecule has 0 heterocycles. The van der Waals surface area contributed by atoms with Crippen LogP contribution in [0.5, 0.6) is 0 Å². The van der Waals surface area contributed by atoms with Gasteiger partial charge in [-0.3, -0.25) is 0 Å². The molecule has 0 amide bonds. The molecule has 0 rings (SSSR count). The lowest BCUT2D eigenvalue weighted by Crippen LogP contribution is -2.31. The summed E-state index contributed by atoms with van der Waals surface area (Å²) in [5.41, 5.74) is 1.18. The molecule has 0 spiro atoms. The first-order valence-corrected chi connectivity index (χ1v) is 4.59. The summed E-state index contributed by atoms with van der Waals surface area (Å²) >= 11 is 0. The van der Waals surface area contributed by atoms with E-state index in [1.165, 1.54) is 5.57 Å². The van der Waals surface area contributed by atoms with Gasteiger partial charge in [-0.25, -0.2) is 0 Å². The summed E-state index contributed by atoms with van der Waals surface area (Å²) in [6.45, 7) is 7.92. The number of hydrogen-bond donors (Lipinski definition) is 1. The van der Waals surface area contributed by atoms with Gasteiger partial charge in [0.05, 0.1) is 19.8 Å². The van der Waals surface area contributed by atoms with Crippen molar-refractivity contribution in [1.82, 2.24) is 5.32 Å². The van der Waals surface area contributed by atoms with Crippen LogP contribution >= 0.6 is 0 Å². The van der Waals surface area contributed by atoms with Gasteiger partial charge >= 0.3 is 0 Å². The lowest BCUT2D eigenvalue weighted by atomic mass is 10.1. The minimum Gasteiger partial charge on any atom is -0.382 e. The highest BCUT2D eigenvalue weighted by Crippen LogP contribution is 2.01. The molecule has 0 bridgehead atoms. The molecule has 0 radical (unpaired) electrons. The summed E-state index contributed by atoms with van der Waals surface area (Å²) in [6, 6.07) is 0.370. The number of likely N-dealkylation sites (N-methyl/N-ethyl adjacent to an activating group) is 1. The van der Waals surface area contributed by atoms with Gasteiger partial charge in [-0.1, -0.05) is 5.57 Å². The van der Waals surface area contributed by atoms with Crippen LogP contribution in [0.25, 0.3) is 0 Å². The number of rotatable bonds is 8. The average Bonchev–Trinajstić information content (AvgIpc) is 2.09. The Bertz CT molecular complexity index is 137. The quantitative estimate of drug-likeness (QED) is 0.457. The van der Waals surface area contributed by atoms with E-state index in [9.17, 15) is 0 Å². The van der Waals surface area contributed by atoms with Gasteiger partial charge in [-0.2, -0.15) is 0 Å². The largest absolute Gasteiger partial charge is 0.382 e. The zero-order chi connectivity index (χ0) is 10.1. The molecule has 3 nitrogen and oxygen atoms in total. The van der Waals surface area contributed by atoms with E-state index in [1.54, 1.807) is 7.11 Å².